The fourth-order valence-electron chi connectivity index (χ4n) is 3.43. The van der Waals surface area contributed by atoms with Crippen molar-refractivity contribution >= 4 is 17.4 Å². The molecule has 0 saturated heterocycles. The van der Waals surface area contributed by atoms with Crippen molar-refractivity contribution in [1.82, 2.24) is 25.1 Å². The first kappa shape index (κ1) is 22.1. The molecular formula is C24H26N6O3. The summed E-state index contributed by atoms with van der Waals surface area (Å²) in [4.78, 5) is 12.2. The van der Waals surface area contributed by atoms with Crippen molar-refractivity contribution in [2.75, 3.05) is 32.6 Å². The van der Waals surface area contributed by atoms with Crippen LogP contribution in [0.25, 0.3) is 5.65 Å². The fraction of sp³-hybridized carbons (Fsp3) is 0.250. The van der Waals surface area contributed by atoms with Crippen molar-refractivity contribution in [3.63, 3.8) is 0 Å². The summed E-state index contributed by atoms with van der Waals surface area (Å²) < 4.78 is 12.4. The zero-order chi connectivity index (χ0) is 23.0. The van der Waals surface area contributed by atoms with Crippen LogP contribution in [0.5, 0.6) is 11.5 Å². The van der Waals surface area contributed by atoms with E-state index in [1.165, 1.54) is 0 Å². The summed E-state index contributed by atoms with van der Waals surface area (Å²) in [5.41, 5.74) is 2.41. The van der Waals surface area contributed by atoms with Crippen molar-refractivity contribution in [2.45, 2.75) is 12.8 Å². The molecule has 0 aliphatic carbocycles. The van der Waals surface area contributed by atoms with E-state index in [1.54, 1.807) is 30.9 Å². The zero-order valence-corrected chi connectivity index (χ0v) is 18.6. The number of nitrogens with one attached hydrogen (secondary N) is 2. The first-order valence-corrected chi connectivity index (χ1v) is 10.7. The van der Waals surface area contributed by atoms with Gasteiger partial charge >= 0.3 is 0 Å². The Morgan fingerprint density at radius 3 is 2.52 bits per heavy atom. The number of fused-ring (bicyclic) bond motifs is 1. The molecule has 0 saturated carbocycles. The topological polar surface area (TPSA) is 103 Å². The zero-order valence-electron chi connectivity index (χ0n) is 18.6. The molecule has 0 radical (unpaired) electrons. The van der Waals surface area contributed by atoms with Gasteiger partial charge in [-0.15, -0.1) is 15.3 Å². The van der Waals surface area contributed by atoms with Gasteiger partial charge in [-0.2, -0.15) is 4.52 Å². The lowest BCUT2D eigenvalue weighted by molar-refractivity contribution is 0.0954. The summed E-state index contributed by atoms with van der Waals surface area (Å²) in [5, 5.41) is 19.2. The summed E-state index contributed by atoms with van der Waals surface area (Å²) >= 11 is 0. The lowest BCUT2D eigenvalue weighted by atomic mass is 10.1. The van der Waals surface area contributed by atoms with Gasteiger partial charge in [0.05, 0.1) is 14.2 Å². The van der Waals surface area contributed by atoms with E-state index in [4.69, 9.17) is 9.47 Å². The molecule has 0 atom stereocenters. The van der Waals surface area contributed by atoms with Crippen LogP contribution in [-0.2, 0) is 12.8 Å². The van der Waals surface area contributed by atoms with Gasteiger partial charge in [-0.3, -0.25) is 4.79 Å². The molecule has 0 aliphatic rings. The normalized spacial score (nSPS) is 10.7. The summed E-state index contributed by atoms with van der Waals surface area (Å²) in [6.45, 7) is 1.13. The minimum atomic E-state index is -0.116. The van der Waals surface area contributed by atoms with Crippen LogP contribution in [0.3, 0.4) is 0 Å². The Hall–Kier alpha value is -4.14. The minimum Gasteiger partial charge on any atom is -0.493 e. The van der Waals surface area contributed by atoms with E-state index in [2.05, 4.69) is 25.9 Å². The number of nitrogens with zero attached hydrogens (tertiary/aromatic N) is 4. The Kier molecular flexibility index (Phi) is 6.99. The molecule has 9 nitrogen and oxygen atoms in total. The van der Waals surface area contributed by atoms with E-state index >= 15 is 0 Å². The third kappa shape index (κ3) is 5.38. The quantitative estimate of drug-likeness (QED) is 0.386. The highest BCUT2D eigenvalue weighted by Gasteiger charge is 2.10. The van der Waals surface area contributed by atoms with Gasteiger partial charge in [-0.05, 0) is 48.4 Å². The van der Waals surface area contributed by atoms with Gasteiger partial charge in [0.15, 0.2) is 23.0 Å². The minimum absolute atomic E-state index is 0.116. The maximum absolute atomic E-state index is 12.2. The monoisotopic (exact) mass is 446 g/mol. The van der Waals surface area contributed by atoms with Gasteiger partial charge in [0, 0.05) is 25.1 Å². The number of carbonyl (C=O) groups excluding carboxylic acids is 1. The highest BCUT2D eigenvalue weighted by Crippen LogP contribution is 2.27. The number of carbonyl (C=O) groups is 1. The standard InChI is InChI=1S/C24H26N6O3/c1-32-19-9-8-17(16-20(19)33-2)12-14-25-21-10-11-22-27-28-23(30(22)29-21)13-15-26-24(31)18-6-4-3-5-7-18/h3-11,16H,12-15H2,1-2H3,(H,25,29)(H,26,31). The van der Waals surface area contributed by atoms with Crippen molar-refractivity contribution in [2.24, 2.45) is 0 Å². The van der Waals surface area contributed by atoms with Crippen LogP contribution in [-0.4, -0.2) is 53.0 Å². The second-order valence-electron chi connectivity index (χ2n) is 7.34. The van der Waals surface area contributed by atoms with Gasteiger partial charge in [-0.1, -0.05) is 24.3 Å². The van der Waals surface area contributed by atoms with Crippen LogP contribution in [0, 0.1) is 0 Å². The molecular weight excluding hydrogens is 420 g/mol. The SMILES string of the molecule is COc1ccc(CCNc2ccc3nnc(CCNC(=O)c4ccccc4)n3n2)cc1OC. The molecule has 2 aromatic heterocycles. The molecule has 170 valence electrons. The van der Waals surface area contributed by atoms with Gasteiger partial charge in [0.1, 0.15) is 5.82 Å². The third-order valence-corrected chi connectivity index (χ3v) is 5.17. The van der Waals surface area contributed by atoms with Crippen LogP contribution in [0.2, 0.25) is 0 Å². The summed E-state index contributed by atoms with van der Waals surface area (Å²) in [7, 11) is 3.25. The Bertz CT molecular complexity index is 1230. The van der Waals surface area contributed by atoms with Crippen LogP contribution >= 0.6 is 0 Å². The van der Waals surface area contributed by atoms with E-state index in [9.17, 15) is 4.79 Å². The van der Waals surface area contributed by atoms with Gasteiger partial charge in [-0.25, -0.2) is 0 Å². The summed E-state index contributed by atoms with van der Waals surface area (Å²) in [5.74, 6) is 2.71. The molecule has 2 N–H and O–H groups in total. The number of benzene rings is 2. The maximum atomic E-state index is 12.2. The van der Waals surface area contributed by atoms with E-state index in [0.29, 0.717) is 48.0 Å². The van der Waals surface area contributed by atoms with Crippen LogP contribution in [0.15, 0.2) is 60.7 Å². The molecule has 0 aliphatic heterocycles. The molecule has 0 unspecified atom stereocenters. The summed E-state index contributed by atoms with van der Waals surface area (Å²) in [6, 6.07) is 18.7. The van der Waals surface area contributed by atoms with Gasteiger partial charge in [0.25, 0.3) is 5.91 Å². The molecule has 4 aromatic rings. The molecule has 33 heavy (non-hydrogen) atoms. The van der Waals surface area contributed by atoms with Crippen LogP contribution in [0.1, 0.15) is 21.7 Å². The number of methoxy groups -OCH3 is 2. The molecule has 0 bridgehead atoms. The van der Waals surface area contributed by atoms with Crippen molar-refractivity contribution in [3.8, 4) is 11.5 Å². The average molecular weight is 447 g/mol. The molecule has 1 amide bonds. The van der Waals surface area contributed by atoms with Gasteiger partial charge in [0.2, 0.25) is 0 Å². The smallest absolute Gasteiger partial charge is 0.251 e. The largest absolute Gasteiger partial charge is 0.493 e. The number of rotatable bonds is 10. The lowest BCUT2D eigenvalue weighted by Crippen LogP contribution is -2.26. The second kappa shape index (κ2) is 10.4. The Morgan fingerprint density at radius 1 is 0.909 bits per heavy atom. The second-order valence-corrected chi connectivity index (χ2v) is 7.34. The maximum Gasteiger partial charge on any atom is 0.251 e. The molecule has 2 heterocycles. The Labute approximate surface area is 191 Å². The van der Waals surface area contributed by atoms with Gasteiger partial charge < -0.3 is 20.1 Å². The van der Waals surface area contributed by atoms with E-state index in [-0.39, 0.29) is 5.91 Å². The number of anilines is 1. The predicted molar refractivity (Wildman–Crippen MR) is 125 cm³/mol. The van der Waals surface area contributed by atoms with Crippen molar-refractivity contribution in [3.05, 3.63) is 77.6 Å². The Morgan fingerprint density at radius 2 is 1.73 bits per heavy atom. The van der Waals surface area contributed by atoms with Crippen LogP contribution < -0.4 is 20.1 Å². The predicted octanol–water partition coefficient (Wildman–Crippen LogP) is 2.77. The third-order valence-electron chi connectivity index (χ3n) is 5.17. The molecule has 9 heteroatoms. The fourth-order valence-corrected chi connectivity index (χ4v) is 3.43. The van der Waals surface area contributed by atoms with Crippen molar-refractivity contribution in [1.29, 1.82) is 0 Å². The molecule has 2 aromatic carbocycles. The molecule has 4 rings (SSSR count). The van der Waals surface area contributed by atoms with E-state index in [1.807, 2.05) is 48.5 Å². The lowest BCUT2D eigenvalue weighted by Gasteiger charge is -2.10. The number of ether oxygens (including phenoxy) is 2. The number of amides is 1. The first-order chi connectivity index (χ1) is 16.2. The molecule has 0 fully saturated rings. The average Bonchev–Trinajstić information content (AvgIpc) is 3.26. The molecule has 0 spiro atoms. The highest BCUT2D eigenvalue weighted by molar-refractivity contribution is 5.94. The Balaban J connectivity index is 1.34. The van der Waals surface area contributed by atoms with Crippen LogP contribution in [0.4, 0.5) is 5.82 Å². The number of hydrogen-bond acceptors (Lipinski definition) is 7. The number of hydrogen-bond donors (Lipinski definition) is 2. The highest BCUT2D eigenvalue weighted by atomic mass is 16.5. The van der Waals surface area contributed by atoms with E-state index < -0.39 is 0 Å². The first-order valence-electron chi connectivity index (χ1n) is 10.7. The number of aromatic nitrogens is 4. The van der Waals surface area contributed by atoms with E-state index in [0.717, 1.165) is 17.8 Å². The van der Waals surface area contributed by atoms with Crippen molar-refractivity contribution < 1.29 is 14.3 Å². The summed E-state index contributed by atoms with van der Waals surface area (Å²) in [6.07, 6.45) is 1.31.